The molecule has 17 nitrogen and oxygen atoms in total. The van der Waals surface area contributed by atoms with Crippen LogP contribution in [0, 0.1) is 10.1 Å². The lowest BCUT2D eigenvalue weighted by atomic mass is 10.1. The average Bonchev–Trinajstić information content (AvgIpc) is 3.58. The number of ether oxygens (including phenoxy) is 3. The second-order valence-electron chi connectivity index (χ2n) is 8.82. The molecule has 4 atom stereocenters. The van der Waals surface area contributed by atoms with Crippen molar-refractivity contribution in [3.63, 3.8) is 0 Å². The molecule has 2 saturated heterocycles. The van der Waals surface area contributed by atoms with Gasteiger partial charge in [-0.05, 0) is 30.7 Å². The number of fused-ring (bicyclic) bond motifs is 2. The highest BCUT2D eigenvalue weighted by Crippen LogP contribution is 2.43. The zero-order chi connectivity index (χ0) is 26.5. The third-order valence-electron chi connectivity index (χ3n) is 5.82. The van der Waals surface area contributed by atoms with Crippen LogP contribution in [-0.2, 0) is 26.1 Å². The number of rotatable bonds is 7. The molecule has 3 aromatic rings. The van der Waals surface area contributed by atoms with E-state index in [0.29, 0.717) is 12.2 Å². The first-order chi connectivity index (χ1) is 17.6. The summed E-state index contributed by atoms with van der Waals surface area (Å²) >= 11 is 0. The number of hydrogen-bond donors (Lipinski definition) is 3. The number of hydrogen-bond acceptors (Lipinski definition) is 12. The molecule has 0 saturated carbocycles. The summed E-state index contributed by atoms with van der Waals surface area (Å²) < 4.78 is 20.9. The molecule has 37 heavy (non-hydrogen) atoms. The van der Waals surface area contributed by atoms with Gasteiger partial charge in [0.1, 0.15) is 24.7 Å². The largest absolute Gasteiger partial charge is 0.382 e. The van der Waals surface area contributed by atoms with Gasteiger partial charge in [0, 0.05) is 13.6 Å². The Morgan fingerprint density at radius 3 is 2.68 bits per heavy atom. The number of aromatic nitrogens is 6. The Morgan fingerprint density at radius 2 is 1.97 bits per heavy atom. The third kappa shape index (κ3) is 4.32. The molecule has 5 heterocycles. The fourth-order valence-electron chi connectivity index (χ4n) is 4.34. The minimum absolute atomic E-state index is 0.152. The van der Waals surface area contributed by atoms with Crippen LogP contribution in [0.25, 0.3) is 11.2 Å². The van der Waals surface area contributed by atoms with Crippen LogP contribution in [0.3, 0.4) is 0 Å². The van der Waals surface area contributed by atoms with Crippen molar-refractivity contribution >= 4 is 34.6 Å². The molecule has 2 aliphatic rings. The van der Waals surface area contributed by atoms with E-state index in [4.69, 9.17) is 14.2 Å². The van der Waals surface area contributed by atoms with Crippen molar-refractivity contribution in [1.29, 1.82) is 0 Å². The zero-order valence-electron chi connectivity index (χ0n) is 20.2. The first-order valence-electron chi connectivity index (χ1n) is 11.3. The highest BCUT2D eigenvalue weighted by Gasteiger charge is 2.58. The molecule has 5 rings (SSSR count). The highest BCUT2D eigenvalue weighted by molar-refractivity contribution is 5.93. The number of nitrogens with zero attached hydrogens (tertiary/aromatic N) is 7. The number of aryl methyl sites for hydroxylation is 1. The van der Waals surface area contributed by atoms with Crippen molar-refractivity contribution < 1.29 is 28.7 Å². The molecule has 2 amide bonds. The number of carbonyl (C=O) groups is 2. The van der Waals surface area contributed by atoms with Gasteiger partial charge < -0.3 is 34.2 Å². The topological polar surface area (TPSA) is 202 Å². The minimum atomic E-state index is -0.926. The highest BCUT2D eigenvalue weighted by atomic mass is 16.8. The summed E-state index contributed by atoms with van der Waals surface area (Å²) in [4.78, 5) is 51.9. The lowest BCUT2D eigenvalue weighted by Crippen LogP contribution is -2.42. The van der Waals surface area contributed by atoms with Gasteiger partial charge in [-0.3, -0.25) is 25.0 Å². The summed E-state index contributed by atoms with van der Waals surface area (Å²) in [5.74, 6) is -2.47. The first kappa shape index (κ1) is 24.5. The van der Waals surface area contributed by atoms with Crippen molar-refractivity contribution in [3.05, 3.63) is 34.8 Å². The van der Waals surface area contributed by atoms with Gasteiger partial charge in [0.25, 0.3) is 5.91 Å². The summed E-state index contributed by atoms with van der Waals surface area (Å²) in [6.07, 6.45) is 0.882. The Bertz CT molecular complexity index is 1380. The van der Waals surface area contributed by atoms with Crippen molar-refractivity contribution in [1.82, 2.24) is 39.8 Å². The van der Waals surface area contributed by atoms with Gasteiger partial charge in [0.05, 0.1) is 6.33 Å². The van der Waals surface area contributed by atoms with Crippen LogP contribution in [0.2, 0.25) is 0 Å². The van der Waals surface area contributed by atoms with Crippen molar-refractivity contribution in [3.8, 4) is 0 Å². The lowest BCUT2D eigenvalue weighted by molar-refractivity contribution is -0.389. The molecule has 0 aliphatic carbocycles. The Hall–Kier alpha value is -4.22. The van der Waals surface area contributed by atoms with Crippen molar-refractivity contribution in [2.45, 2.75) is 51.1 Å². The fourth-order valence-corrected chi connectivity index (χ4v) is 4.34. The van der Waals surface area contributed by atoms with Crippen LogP contribution >= 0.6 is 0 Å². The molecule has 0 aromatic carbocycles. The number of anilines is 1. The van der Waals surface area contributed by atoms with Gasteiger partial charge >= 0.3 is 17.5 Å². The lowest BCUT2D eigenvalue weighted by Gasteiger charge is -2.24. The normalized spacial score (nSPS) is 24.1. The van der Waals surface area contributed by atoms with E-state index in [1.807, 2.05) is 0 Å². The van der Waals surface area contributed by atoms with E-state index in [1.165, 1.54) is 24.3 Å². The smallest absolute Gasteiger partial charge is 0.358 e. The molecule has 196 valence electrons. The quantitative estimate of drug-likeness (QED) is 0.275. The molecule has 0 unspecified atom stereocenters. The van der Waals surface area contributed by atoms with Crippen LogP contribution in [0.15, 0.2) is 18.9 Å². The van der Waals surface area contributed by atoms with Gasteiger partial charge in [0.2, 0.25) is 0 Å². The summed E-state index contributed by atoms with van der Waals surface area (Å²) in [6.45, 7) is 5.75. The Morgan fingerprint density at radius 1 is 1.22 bits per heavy atom. The molecule has 0 bridgehead atoms. The van der Waals surface area contributed by atoms with Crippen molar-refractivity contribution in [2.24, 2.45) is 7.05 Å². The molecule has 0 spiro atoms. The van der Waals surface area contributed by atoms with Crippen LogP contribution in [0.1, 0.15) is 37.6 Å². The van der Waals surface area contributed by atoms with E-state index < -0.39 is 47.0 Å². The summed E-state index contributed by atoms with van der Waals surface area (Å²) in [6, 6.07) is 0. The van der Waals surface area contributed by atoms with Gasteiger partial charge in [-0.1, -0.05) is 0 Å². The zero-order valence-corrected chi connectivity index (χ0v) is 20.2. The standard InChI is InChI=1S/C20H24N10O7/c1-5-21-17(31)12-11-13(37-20(2,3)36-11)19(35-12)29-8-24-10-14(22-7-23-15(10)29)26-27-18(32)16-25-9(30(33)34)6-28(16)4/h6-8,11-13,19H,5H2,1-4H3,(H,21,31)(H,27,32)(H,22,23,26)/t11-,12+,13-,19-/m1/s1. The van der Waals surface area contributed by atoms with E-state index in [-0.39, 0.29) is 23.1 Å². The maximum Gasteiger partial charge on any atom is 0.382 e. The van der Waals surface area contributed by atoms with Gasteiger partial charge in [-0.15, -0.1) is 0 Å². The Kier molecular flexibility index (Phi) is 5.97. The molecular weight excluding hydrogens is 492 g/mol. The second kappa shape index (κ2) is 9.02. The number of nitro groups is 1. The van der Waals surface area contributed by atoms with E-state index in [1.54, 1.807) is 25.3 Å². The van der Waals surface area contributed by atoms with Crippen LogP contribution in [-0.4, -0.2) is 76.5 Å². The van der Waals surface area contributed by atoms with E-state index >= 15 is 0 Å². The number of imidazole rings is 2. The number of likely N-dealkylation sites (N-methyl/N-ethyl adjacent to an activating group) is 1. The molecule has 2 aliphatic heterocycles. The summed E-state index contributed by atoms with van der Waals surface area (Å²) in [5, 5.41) is 13.7. The first-order valence-corrected chi connectivity index (χ1v) is 11.3. The molecule has 3 aromatic heterocycles. The molecule has 3 N–H and O–H groups in total. The van der Waals surface area contributed by atoms with Gasteiger partial charge in [0.15, 0.2) is 35.1 Å². The maximum absolute atomic E-state index is 12.6. The summed E-state index contributed by atoms with van der Waals surface area (Å²) in [7, 11) is 1.46. The predicted octanol–water partition coefficient (Wildman–Crippen LogP) is -0.221. The molecular formula is C20H24N10O7. The minimum Gasteiger partial charge on any atom is -0.358 e. The monoisotopic (exact) mass is 516 g/mol. The fraction of sp³-hybridized carbons (Fsp3) is 0.500. The van der Waals surface area contributed by atoms with E-state index in [9.17, 15) is 19.7 Å². The van der Waals surface area contributed by atoms with Gasteiger partial charge in [-0.25, -0.2) is 15.0 Å². The number of nitrogens with one attached hydrogen (secondary N) is 3. The van der Waals surface area contributed by atoms with Crippen LogP contribution in [0.5, 0.6) is 0 Å². The SMILES string of the molecule is CCNC(=O)[C@H]1O[C@@H](n2cnc3c(NNC(=O)c4nc([N+](=O)[O-])cn4C)ncnc32)[C@@H]2OC(C)(C)O[C@@H]21. The molecule has 0 radical (unpaired) electrons. The van der Waals surface area contributed by atoms with E-state index in [0.717, 1.165) is 6.20 Å². The number of amides is 2. The average molecular weight is 516 g/mol. The van der Waals surface area contributed by atoms with Gasteiger partial charge in [-0.2, -0.15) is 0 Å². The third-order valence-corrected chi connectivity index (χ3v) is 5.82. The van der Waals surface area contributed by atoms with E-state index in [2.05, 4.69) is 36.1 Å². The van der Waals surface area contributed by atoms with Crippen LogP contribution in [0.4, 0.5) is 11.6 Å². The van der Waals surface area contributed by atoms with Crippen molar-refractivity contribution in [2.75, 3.05) is 12.0 Å². The van der Waals surface area contributed by atoms with Crippen LogP contribution < -0.4 is 16.2 Å². The molecule has 2 fully saturated rings. The Balaban J connectivity index is 1.39. The maximum atomic E-state index is 12.6. The summed E-state index contributed by atoms with van der Waals surface area (Å²) in [5.41, 5.74) is 5.67. The Labute approximate surface area is 208 Å². The molecule has 17 heteroatoms. The number of hydrazine groups is 1. The number of carbonyl (C=O) groups excluding carboxylic acids is 2. The second-order valence-corrected chi connectivity index (χ2v) is 8.82. The predicted molar refractivity (Wildman–Crippen MR) is 123 cm³/mol.